The maximum absolute atomic E-state index is 13.3. The van der Waals surface area contributed by atoms with Crippen LogP contribution in [-0.4, -0.2) is 35.1 Å². The van der Waals surface area contributed by atoms with Crippen LogP contribution in [0.3, 0.4) is 0 Å². The molecule has 2 rings (SSSR count). The topological polar surface area (TPSA) is 49.4 Å². The Morgan fingerprint density at radius 1 is 1.10 bits per heavy atom. The van der Waals surface area contributed by atoms with Crippen LogP contribution in [0.15, 0.2) is 53.4 Å². The summed E-state index contributed by atoms with van der Waals surface area (Å²) in [5.41, 5.74) is 0.787. The lowest BCUT2D eigenvalue weighted by Gasteiger charge is -2.31. The van der Waals surface area contributed by atoms with E-state index in [-0.39, 0.29) is 24.2 Å². The summed E-state index contributed by atoms with van der Waals surface area (Å²) < 4.78 is 13.3. The first kappa shape index (κ1) is 25.2. The third kappa shape index (κ3) is 8.54. The van der Waals surface area contributed by atoms with E-state index in [4.69, 9.17) is 11.6 Å². The van der Waals surface area contributed by atoms with E-state index < -0.39 is 6.04 Å². The highest BCUT2D eigenvalue weighted by molar-refractivity contribution is 7.99. The van der Waals surface area contributed by atoms with E-state index in [1.54, 1.807) is 28.8 Å². The first-order chi connectivity index (χ1) is 14.8. The van der Waals surface area contributed by atoms with Gasteiger partial charge in [0.25, 0.3) is 0 Å². The van der Waals surface area contributed by atoms with Gasteiger partial charge in [0.15, 0.2) is 0 Å². The van der Waals surface area contributed by atoms with Crippen LogP contribution >= 0.6 is 23.4 Å². The summed E-state index contributed by atoms with van der Waals surface area (Å²) in [6.45, 7) is 6.76. The summed E-state index contributed by atoms with van der Waals surface area (Å²) in [6.07, 6.45) is 0.795. The van der Waals surface area contributed by atoms with Crippen molar-refractivity contribution in [3.8, 4) is 0 Å². The SMILES string of the molecule is CC[C@H](C(=O)NCC(C)C)N(Cc1ccc(F)cc1)C(=O)CCSc1ccc(Cl)cc1. The summed E-state index contributed by atoms with van der Waals surface area (Å²) in [5.74, 6) is 0.320. The van der Waals surface area contributed by atoms with Gasteiger partial charge in [0.1, 0.15) is 11.9 Å². The van der Waals surface area contributed by atoms with E-state index in [2.05, 4.69) is 5.32 Å². The lowest BCUT2D eigenvalue weighted by atomic mass is 10.1. The zero-order chi connectivity index (χ0) is 22.8. The van der Waals surface area contributed by atoms with E-state index in [9.17, 15) is 14.0 Å². The number of nitrogens with one attached hydrogen (secondary N) is 1. The lowest BCUT2D eigenvalue weighted by molar-refractivity contribution is -0.141. The van der Waals surface area contributed by atoms with E-state index in [0.29, 0.717) is 36.1 Å². The number of thioether (sulfide) groups is 1. The van der Waals surface area contributed by atoms with Crippen molar-refractivity contribution < 1.29 is 14.0 Å². The van der Waals surface area contributed by atoms with Crippen molar-refractivity contribution in [1.29, 1.82) is 0 Å². The molecule has 2 aromatic rings. The molecule has 4 nitrogen and oxygen atoms in total. The van der Waals surface area contributed by atoms with E-state index >= 15 is 0 Å². The molecule has 168 valence electrons. The molecule has 31 heavy (non-hydrogen) atoms. The van der Waals surface area contributed by atoms with Gasteiger partial charge in [-0.2, -0.15) is 0 Å². The predicted octanol–water partition coefficient (Wildman–Crippen LogP) is 5.54. The first-order valence-electron chi connectivity index (χ1n) is 10.5. The number of carbonyl (C=O) groups is 2. The second-order valence-corrected chi connectivity index (χ2v) is 9.37. The normalized spacial score (nSPS) is 11.9. The van der Waals surface area contributed by atoms with Gasteiger partial charge in [-0.25, -0.2) is 4.39 Å². The van der Waals surface area contributed by atoms with Crippen molar-refractivity contribution in [1.82, 2.24) is 10.2 Å². The second kappa shape index (κ2) is 12.7. The van der Waals surface area contributed by atoms with Gasteiger partial charge in [0.2, 0.25) is 11.8 Å². The molecule has 7 heteroatoms. The molecular formula is C24H30ClFN2O2S. The Bertz CT molecular complexity index is 844. The van der Waals surface area contributed by atoms with Crippen LogP contribution in [0.5, 0.6) is 0 Å². The van der Waals surface area contributed by atoms with E-state index in [1.807, 2.05) is 45.0 Å². The number of hydrogen-bond acceptors (Lipinski definition) is 3. The molecule has 0 aromatic heterocycles. The highest BCUT2D eigenvalue weighted by atomic mass is 35.5. The Kier molecular flexibility index (Phi) is 10.3. The molecule has 0 bridgehead atoms. The number of rotatable bonds is 11. The quantitative estimate of drug-likeness (QED) is 0.444. The summed E-state index contributed by atoms with van der Waals surface area (Å²) in [5, 5.41) is 3.61. The highest BCUT2D eigenvalue weighted by Gasteiger charge is 2.28. The van der Waals surface area contributed by atoms with Crippen molar-refractivity contribution in [2.45, 2.75) is 51.1 Å². The zero-order valence-electron chi connectivity index (χ0n) is 18.2. The number of carbonyl (C=O) groups excluding carboxylic acids is 2. The molecule has 0 saturated heterocycles. The minimum atomic E-state index is -0.572. The highest BCUT2D eigenvalue weighted by Crippen LogP contribution is 2.22. The molecule has 0 aliphatic heterocycles. The molecule has 0 saturated carbocycles. The molecule has 0 fully saturated rings. The monoisotopic (exact) mass is 464 g/mol. The average molecular weight is 465 g/mol. The Balaban J connectivity index is 2.10. The van der Waals surface area contributed by atoms with Gasteiger partial charge in [-0.3, -0.25) is 9.59 Å². The summed E-state index contributed by atoms with van der Waals surface area (Å²) in [4.78, 5) is 28.6. The largest absolute Gasteiger partial charge is 0.354 e. The predicted molar refractivity (Wildman–Crippen MR) is 126 cm³/mol. The van der Waals surface area contributed by atoms with Crippen LogP contribution in [0.2, 0.25) is 5.02 Å². The summed E-state index contributed by atoms with van der Waals surface area (Å²) in [6, 6.07) is 12.9. The Labute approximate surface area is 193 Å². The third-order valence-electron chi connectivity index (χ3n) is 4.73. The van der Waals surface area contributed by atoms with Crippen LogP contribution in [0.4, 0.5) is 4.39 Å². The molecule has 0 aliphatic rings. The standard InChI is InChI=1S/C24H30ClFN2O2S/c1-4-22(24(30)27-15-17(2)3)28(16-18-5-9-20(26)10-6-18)23(29)13-14-31-21-11-7-19(25)8-12-21/h5-12,17,22H,4,13-16H2,1-3H3,(H,27,30)/t22-/m1/s1. The minimum Gasteiger partial charge on any atom is -0.354 e. The average Bonchev–Trinajstić information content (AvgIpc) is 2.74. The van der Waals surface area contributed by atoms with Crippen molar-refractivity contribution in [3.63, 3.8) is 0 Å². The van der Waals surface area contributed by atoms with Gasteiger partial charge in [-0.1, -0.05) is 44.5 Å². The number of halogens is 2. The first-order valence-corrected chi connectivity index (χ1v) is 11.9. The van der Waals surface area contributed by atoms with Crippen molar-refractivity contribution >= 4 is 35.2 Å². The number of amides is 2. The van der Waals surface area contributed by atoms with Crippen molar-refractivity contribution in [2.24, 2.45) is 5.92 Å². The van der Waals surface area contributed by atoms with Gasteiger partial charge >= 0.3 is 0 Å². The molecule has 0 heterocycles. The second-order valence-electron chi connectivity index (χ2n) is 7.76. The Hall–Kier alpha value is -2.05. The van der Waals surface area contributed by atoms with Crippen LogP contribution in [0, 0.1) is 11.7 Å². The van der Waals surface area contributed by atoms with E-state index in [1.165, 1.54) is 12.1 Å². The summed E-state index contributed by atoms with van der Waals surface area (Å²) in [7, 11) is 0. The number of nitrogens with zero attached hydrogens (tertiary/aromatic N) is 1. The van der Waals surface area contributed by atoms with Crippen molar-refractivity contribution in [2.75, 3.05) is 12.3 Å². The maximum Gasteiger partial charge on any atom is 0.242 e. The van der Waals surface area contributed by atoms with Gasteiger partial charge in [-0.15, -0.1) is 11.8 Å². The van der Waals surface area contributed by atoms with Crippen LogP contribution in [0.25, 0.3) is 0 Å². The van der Waals surface area contributed by atoms with Crippen LogP contribution < -0.4 is 5.32 Å². The van der Waals surface area contributed by atoms with Crippen LogP contribution in [-0.2, 0) is 16.1 Å². The zero-order valence-corrected chi connectivity index (χ0v) is 19.8. The van der Waals surface area contributed by atoms with E-state index in [0.717, 1.165) is 10.5 Å². The summed E-state index contributed by atoms with van der Waals surface area (Å²) >= 11 is 7.49. The lowest BCUT2D eigenvalue weighted by Crippen LogP contribution is -2.49. The third-order valence-corrected chi connectivity index (χ3v) is 6.00. The van der Waals surface area contributed by atoms with Crippen molar-refractivity contribution in [3.05, 3.63) is 64.9 Å². The molecule has 0 unspecified atom stereocenters. The maximum atomic E-state index is 13.3. The number of hydrogen-bond donors (Lipinski definition) is 1. The molecule has 0 spiro atoms. The Morgan fingerprint density at radius 3 is 2.32 bits per heavy atom. The Morgan fingerprint density at radius 2 is 1.74 bits per heavy atom. The fraction of sp³-hybridized carbons (Fsp3) is 0.417. The van der Waals surface area contributed by atoms with Gasteiger partial charge in [0.05, 0.1) is 0 Å². The van der Waals surface area contributed by atoms with Gasteiger partial charge < -0.3 is 10.2 Å². The molecule has 0 aliphatic carbocycles. The molecule has 1 atom stereocenters. The van der Waals surface area contributed by atoms with Gasteiger partial charge in [-0.05, 0) is 54.3 Å². The fourth-order valence-electron chi connectivity index (χ4n) is 3.06. The fourth-order valence-corrected chi connectivity index (χ4v) is 4.03. The van der Waals surface area contributed by atoms with Gasteiger partial charge in [0, 0.05) is 35.2 Å². The van der Waals surface area contributed by atoms with Crippen LogP contribution in [0.1, 0.15) is 39.2 Å². The minimum absolute atomic E-state index is 0.0997. The molecule has 2 aromatic carbocycles. The molecule has 0 radical (unpaired) electrons. The smallest absolute Gasteiger partial charge is 0.242 e. The molecular weight excluding hydrogens is 435 g/mol. The molecule has 2 amide bonds. The number of benzene rings is 2. The molecule has 1 N–H and O–H groups in total.